The molecule has 0 atom stereocenters. The summed E-state index contributed by atoms with van der Waals surface area (Å²) < 4.78 is 0. The third kappa shape index (κ3) is 3.54. The molecule has 0 unspecified atom stereocenters. The first-order chi connectivity index (χ1) is 5.11. The SMILES string of the molecule is CCN(N)C(=O)CC(=O)NN. The third-order valence-corrected chi connectivity index (χ3v) is 1.13. The molecule has 0 aliphatic heterocycles. The maximum absolute atomic E-state index is 10.8. The molecule has 0 aromatic carbocycles. The highest BCUT2D eigenvalue weighted by Gasteiger charge is 2.11. The molecule has 0 saturated carbocycles. The first-order valence-electron chi connectivity index (χ1n) is 3.16. The van der Waals surface area contributed by atoms with Gasteiger partial charge in [0.05, 0.1) is 0 Å². The van der Waals surface area contributed by atoms with Gasteiger partial charge in [-0.15, -0.1) is 0 Å². The van der Waals surface area contributed by atoms with Gasteiger partial charge in [0, 0.05) is 6.54 Å². The molecule has 0 aromatic heterocycles. The van der Waals surface area contributed by atoms with Gasteiger partial charge in [-0.05, 0) is 6.92 Å². The van der Waals surface area contributed by atoms with E-state index in [1.807, 2.05) is 5.43 Å². The highest BCUT2D eigenvalue weighted by molar-refractivity contribution is 5.96. The second kappa shape index (κ2) is 4.64. The van der Waals surface area contributed by atoms with E-state index in [0.717, 1.165) is 5.01 Å². The topological polar surface area (TPSA) is 101 Å². The maximum Gasteiger partial charge on any atom is 0.245 e. The maximum atomic E-state index is 10.8. The highest BCUT2D eigenvalue weighted by Crippen LogP contribution is 1.85. The smallest absolute Gasteiger partial charge is 0.245 e. The number of hydrogen-bond acceptors (Lipinski definition) is 4. The molecular formula is C5H12N4O2. The standard InChI is InChI=1S/C5H12N4O2/c1-2-9(7)5(11)3-4(10)8-6/h2-3,6-7H2,1H3,(H,8,10). The minimum absolute atomic E-state index is 0.305. The number of rotatable bonds is 3. The van der Waals surface area contributed by atoms with E-state index < -0.39 is 11.8 Å². The number of carbonyl (C=O) groups excluding carboxylic acids is 2. The third-order valence-electron chi connectivity index (χ3n) is 1.13. The molecule has 0 saturated heterocycles. The number of carbonyl (C=O) groups is 2. The number of amides is 2. The zero-order valence-electron chi connectivity index (χ0n) is 6.33. The molecule has 0 radical (unpaired) electrons. The van der Waals surface area contributed by atoms with E-state index in [9.17, 15) is 9.59 Å². The van der Waals surface area contributed by atoms with Crippen molar-refractivity contribution in [2.75, 3.05) is 6.54 Å². The molecule has 0 aliphatic rings. The van der Waals surface area contributed by atoms with Crippen molar-refractivity contribution in [3.8, 4) is 0 Å². The summed E-state index contributed by atoms with van der Waals surface area (Å²) >= 11 is 0. The van der Waals surface area contributed by atoms with Crippen molar-refractivity contribution >= 4 is 11.8 Å². The van der Waals surface area contributed by atoms with Gasteiger partial charge in [0.2, 0.25) is 11.8 Å². The van der Waals surface area contributed by atoms with E-state index in [1.54, 1.807) is 6.92 Å². The number of nitrogens with two attached hydrogens (primary N) is 2. The monoisotopic (exact) mass is 160 g/mol. The second-order valence-corrected chi connectivity index (χ2v) is 1.92. The fourth-order valence-electron chi connectivity index (χ4n) is 0.466. The van der Waals surface area contributed by atoms with Gasteiger partial charge in [0.25, 0.3) is 0 Å². The summed E-state index contributed by atoms with van der Waals surface area (Å²) in [5.41, 5.74) is 1.83. The molecule has 0 heterocycles. The van der Waals surface area contributed by atoms with Crippen LogP contribution in [-0.2, 0) is 9.59 Å². The number of nitrogens with one attached hydrogen (secondary N) is 1. The molecule has 64 valence electrons. The summed E-state index contributed by atoms with van der Waals surface area (Å²) in [4.78, 5) is 21.3. The van der Waals surface area contributed by atoms with Gasteiger partial charge in [-0.3, -0.25) is 20.0 Å². The summed E-state index contributed by atoms with van der Waals surface area (Å²) in [5, 5.41) is 0.954. The van der Waals surface area contributed by atoms with Crippen molar-refractivity contribution in [2.24, 2.45) is 11.7 Å². The molecule has 0 rings (SSSR count). The highest BCUT2D eigenvalue weighted by atomic mass is 16.2. The van der Waals surface area contributed by atoms with Crippen LogP contribution in [0.4, 0.5) is 0 Å². The Balaban J connectivity index is 3.77. The molecule has 5 N–H and O–H groups in total. The van der Waals surface area contributed by atoms with Gasteiger partial charge in [-0.25, -0.2) is 11.7 Å². The average molecular weight is 160 g/mol. The van der Waals surface area contributed by atoms with Crippen LogP contribution in [0.25, 0.3) is 0 Å². The Kier molecular flexibility index (Phi) is 4.16. The van der Waals surface area contributed by atoms with Crippen LogP contribution in [0, 0.1) is 0 Å². The molecule has 0 fully saturated rings. The van der Waals surface area contributed by atoms with Crippen molar-refractivity contribution in [3.63, 3.8) is 0 Å². The van der Waals surface area contributed by atoms with E-state index >= 15 is 0 Å². The Bertz CT molecular complexity index is 159. The average Bonchev–Trinajstić information content (AvgIpc) is 2.02. The van der Waals surface area contributed by atoms with Crippen LogP contribution in [-0.4, -0.2) is 23.4 Å². The molecule has 0 spiro atoms. The van der Waals surface area contributed by atoms with Crippen molar-refractivity contribution in [2.45, 2.75) is 13.3 Å². The molecule has 2 amide bonds. The second-order valence-electron chi connectivity index (χ2n) is 1.92. The van der Waals surface area contributed by atoms with Crippen LogP contribution in [0.5, 0.6) is 0 Å². The summed E-state index contributed by atoms with van der Waals surface area (Å²) in [5.74, 6) is 8.94. The number of hydrazine groups is 2. The fraction of sp³-hybridized carbons (Fsp3) is 0.600. The van der Waals surface area contributed by atoms with Crippen LogP contribution in [0.2, 0.25) is 0 Å². The molecule has 0 aromatic rings. The lowest BCUT2D eigenvalue weighted by molar-refractivity contribution is -0.136. The molecule has 0 bridgehead atoms. The number of nitrogens with zero attached hydrogens (tertiary/aromatic N) is 1. The quantitative estimate of drug-likeness (QED) is 0.194. The lowest BCUT2D eigenvalue weighted by Gasteiger charge is -2.12. The van der Waals surface area contributed by atoms with Gasteiger partial charge in [-0.2, -0.15) is 0 Å². The Hall–Kier alpha value is -1.14. The molecule has 0 aliphatic carbocycles. The molecule has 6 heteroatoms. The minimum Gasteiger partial charge on any atom is -0.294 e. The molecule has 11 heavy (non-hydrogen) atoms. The summed E-state index contributed by atoms with van der Waals surface area (Å²) in [6, 6.07) is 0. The van der Waals surface area contributed by atoms with Gasteiger partial charge < -0.3 is 0 Å². The van der Waals surface area contributed by atoms with Gasteiger partial charge in [-0.1, -0.05) is 0 Å². The normalized spacial score (nSPS) is 9.00. The lowest BCUT2D eigenvalue weighted by Crippen LogP contribution is -2.41. The Morgan fingerprint density at radius 2 is 2.09 bits per heavy atom. The van der Waals surface area contributed by atoms with E-state index in [1.165, 1.54) is 0 Å². The number of hydrogen-bond donors (Lipinski definition) is 3. The van der Waals surface area contributed by atoms with Gasteiger partial charge in [0.1, 0.15) is 6.42 Å². The zero-order chi connectivity index (χ0) is 8.85. The Morgan fingerprint density at radius 1 is 1.55 bits per heavy atom. The Labute approximate surface area is 64.5 Å². The first-order valence-corrected chi connectivity index (χ1v) is 3.16. The van der Waals surface area contributed by atoms with Crippen LogP contribution < -0.4 is 17.1 Å². The minimum atomic E-state index is -0.543. The van der Waals surface area contributed by atoms with E-state index in [0.29, 0.717) is 6.54 Å². The summed E-state index contributed by atoms with van der Waals surface area (Å²) in [6.07, 6.45) is -0.305. The van der Waals surface area contributed by atoms with Crippen molar-refractivity contribution in [3.05, 3.63) is 0 Å². The fourth-order valence-corrected chi connectivity index (χ4v) is 0.466. The zero-order valence-corrected chi connectivity index (χ0v) is 6.33. The predicted molar refractivity (Wildman–Crippen MR) is 38.5 cm³/mol. The van der Waals surface area contributed by atoms with Crippen molar-refractivity contribution in [1.82, 2.24) is 10.4 Å². The van der Waals surface area contributed by atoms with E-state index in [4.69, 9.17) is 11.7 Å². The van der Waals surface area contributed by atoms with Gasteiger partial charge >= 0.3 is 0 Å². The van der Waals surface area contributed by atoms with Crippen LogP contribution in [0.1, 0.15) is 13.3 Å². The van der Waals surface area contributed by atoms with Crippen molar-refractivity contribution < 1.29 is 9.59 Å². The predicted octanol–water partition coefficient (Wildman–Crippen LogP) is -1.91. The molecular weight excluding hydrogens is 148 g/mol. The van der Waals surface area contributed by atoms with Crippen LogP contribution in [0.3, 0.4) is 0 Å². The molecule has 6 nitrogen and oxygen atoms in total. The van der Waals surface area contributed by atoms with E-state index in [2.05, 4.69) is 0 Å². The largest absolute Gasteiger partial charge is 0.294 e. The lowest BCUT2D eigenvalue weighted by atomic mass is 10.4. The van der Waals surface area contributed by atoms with Crippen LogP contribution in [0.15, 0.2) is 0 Å². The summed E-state index contributed by atoms with van der Waals surface area (Å²) in [6.45, 7) is 2.08. The Morgan fingerprint density at radius 3 is 2.45 bits per heavy atom. The van der Waals surface area contributed by atoms with Gasteiger partial charge in [0.15, 0.2) is 0 Å². The summed E-state index contributed by atoms with van der Waals surface area (Å²) in [7, 11) is 0. The van der Waals surface area contributed by atoms with E-state index in [-0.39, 0.29) is 6.42 Å². The first kappa shape index (κ1) is 9.86. The van der Waals surface area contributed by atoms with Crippen molar-refractivity contribution in [1.29, 1.82) is 0 Å². The van der Waals surface area contributed by atoms with Crippen LogP contribution >= 0.6 is 0 Å².